The van der Waals surface area contributed by atoms with Gasteiger partial charge in [-0.1, -0.05) is 42.5 Å². The molecule has 0 radical (unpaired) electrons. The lowest BCUT2D eigenvalue weighted by Gasteiger charge is -2.35. The molecule has 4 aromatic rings. The molecule has 1 amide bonds. The van der Waals surface area contributed by atoms with Crippen molar-refractivity contribution >= 4 is 11.7 Å². The molecular weight excluding hydrogens is 440 g/mol. The first-order chi connectivity index (χ1) is 17.2. The summed E-state index contributed by atoms with van der Waals surface area (Å²) in [6, 6.07) is 27.7. The quantitative estimate of drug-likeness (QED) is 0.443. The van der Waals surface area contributed by atoms with Crippen molar-refractivity contribution in [3.8, 4) is 33.9 Å². The van der Waals surface area contributed by atoms with Gasteiger partial charge in [-0.3, -0.25) is 4.79 Å². The first-order valence-electron chi connectivity index (χ1n) is 11.7. The van der Waals surface area contributed by atoms with Gasteiger partial charge in [-0.15, -0.1) is 10.2 Å². The maximum absolute atomic E-state index is 13.0. The van der Waals surface area contributed by atoms with Crippen LogP contribution in [0.15, 0.2) is 84.9 Å². The van der Waals surface area contributed by atoms with Crippen molar-refractivity contribution in [2.75, 3.05) is 37.9 Å². The number of hydrogen-bond donors (Lipinski definition) is 0. The fourth-order valence-corrected chi connectivity index (χ4v) is 4.46. The van der Waals surface area contributed by atoms with Crippen LogP contribution in [0.25, 0.3) is 22.4 Å². The summed E-state index contributed by atoms with van der Waals surface area (Å²) in [7, 11) is 0. The normalized spacial score (nSPS) is 14.7. The predicted octanol–water partition coefficient (Wildman–Crippen LogP) is 4.50. The molecule has 0 spiro atoms. The molecule has 2 aliphatic rings. The van der Waals surface area contributed by atoms with Crippen LogP contribution in [0.3, 0.4) is 0 Å². The molecule has 35 heavy (non-hydrogen) atoms. The zero-order valence-electron chi connectivity index (χ0n) is 19.1. The number of hydrogen-bond acceptors (Lipinski definition) is 6. The number of carbonyl (C=O) groups excluding carboxylic acids is 1. The van der Waals surface area contributed by atoms with E-state index in [4.69, 9.17) is 9.47 Å². The Morgan fingerprint density at radius 1 is 0.686 bits per heavy atom. The summed E-state index contributed by atoms with van der Waals surface area (Å²) in [6.45, 7) is 2.96. The Morgan fingerprint density at radius 3 is 2.14 bits per heavy atom. The van der Waals surface area contributed by atoms with E-state index >= 15 is 0 Å². The molecule has 174 valence electrons. The molecule has 1 aromatic heterocycles. The molecule has 0 aliphatic carbocycles. The van der Waals surface area contributed by atoms with Crippen molar-refractivity contribution in [2.24, 2.45) is 0 Å². The van der Waals surface area contributed by atoms with Gasteiger partial charge >= 0.3 is 0 Å². The Kier molecular flexibility index (Phi) is 5.50. The highest BCUT2D eigenvalue weighted by atomic mass is 16.7. The number of nitrogens with zero attached hydrogens (tertiary/aromatic N) is 4. The highest BCUT2D eigenvalue weighted by Crippen LogP contribution is 2.35. The fourth-order valence-electron chi connectivity index (χ4n) is 4.46. The molecule has 0 saturated carbocycles. The molecule has 6 rings (SSSR count). The van der Waals surface area contributed by atoms with Gasteiger partial charge in [-0.25, -0.2) is 0 Å². The highest BCUT2D eigenvalue weighted by molar-refractivity contribution is 5.95. The van der Waals surface area contributed by atoms with Gasteiger partial charge in [-0.2, -0.15) is 0 Å². The fraction of sp³-hybridized carbons (Fsp3) is 0.179. The van der Waals surface area contributed by atoms with E-state index in [1.54, 1.807) is 0 Å². The number of carbonyl (C=O) groups is 1. The standard InChI is InChI=1S/C28H24N4O3/c33-28(22-8-6-21(7-9-22)20-4-2-1-3-5-20)32-16-14-31(15-17-32)27-13-11-24(29-30-27)23-10-12-25-26(18-23)35-19-34-25/h1-13,18H,14-17,19H2. The summed E-state index contributed by atoms with van der Waals surface area (Å²) >= 11 is 0. The Bertz CT molecular complexity index is 1330. The number of fused-ring (bicyclic) bond motifs is 1. The zero-order valence-corrected chi connectivity index (χ0v) is 19.1. The van der Waals surface area contributed by atoms with Crippen LogP contribution in [0.1, 0.15) is 10.4 Å². The summed E-state index contributed by atoms with van der Waals surface area (Å²) in [4.78, 5) is 17.1. The van der Waals surface area contributed by atoms with Gasteiger partial charge in [0.1, 0.15) is 0 Å². The van der Waals surface area contributed by atoms with Gasteiger partial charge in [0.2, 0.25) is 6.79 Å². The number of ether oxygens (including phenoxy) is 2. The summed E-state index contributed by atoms with van der Waals surface area (Å²) in [5, 5.41) is 8.86. The van der Waals surface area contributed by atoms with E-state index in [0.29, 0.717) is 31.7 Å². The second-order valence-electron chi connectivity index (χ2n) is 8.57. The predicted molar refractivity (Wildman–Crippen MR) is 134 cm³/mol. The number of rotatable bonds is 4. The number of anilines is 1. The van der Waals surface area contributed by atoms with Crippen LogP contribution in [0.5, 0.6) is 11.5 Å². The molecule has 2 aliphatic heterocycles. The molecule has 7 heteroatoms. The Labute approximate surface area is 203 Å². The lowest BCUT2D eigenvalue weighted by molar-refractivity contribution is 0.0746. The van der Waals surface area contributed by atoms with Crippen molar-refractivity contribution in [3.63, 3.8) is 0 Å². The van der Waals surface area contributed by atoms with Gasteiger partial charge in [0.05, 0.1) is 5.69 Å². The molecule has 0 unspecified atom stereocenters. The SMILES string of the molecule is O=C(c1ccc(-c2ccccc2)cc1)N1CCN(c2ccc(-c3ccc4c(c3)OCO4)nn2)CC1. The first kappa shape index (κ1) is 21.2. The van der Waals surface area contributed by atoms with E-state index < -0.39 is 0 Å². The molecule has 0 atom stereocenters. The van der Waals surface area contributed by atoms with Crippen molar-refractivity contribution in [1.29, 1.82) is 0 Å². The van der Waals surface area contributed by atoms with E-state index in [-0.39, 0.29) is 12.7 Å². The second-order valence-corrected chi connectivity index (χ2v) is 8.57. The van der Waals surface area contributed by atoms with Crippen LogP contribution in [0.2, 0.25) is 0 Å². The van der Waals surface area contributed by atoms with Crippen LogP contribution in [-0.4, -0.2) is 54.0 Å². The van der Waals surface area contributed by atoms with Crippen LogP contribution in [0, 0.1) is 0 Å². The number of amides is 1. The lowest BCUT2D eigenvalue weighted by Crippen LogP contribution is -2.49. The van der Waals surface area contributed by atoms with Crippen molar-refractivity contribution < 1.29 is 14.3 Å². The minimum Gasteiger partial charge on any atom is -0.454 e. The van der Waals surface area contributed by atoms with Crippen LogP contribution < -0.4 is 14.4 Å². The molecule has 3 heterocycles. The minimum absolute atomic E-state index is 0.0634. The molecule has 3 aromatic carbocycles. The van der Waals surface area contributed by atoms with Crippen molar-refractivity contribution in [3.05, 3.63) is 90.5 Å². The van der Waals surface area contributed by atoms with Crippen molar-refractivity contribution in [1.82, 2.24) is 15.1 Å². The minimum atomic E-state index is 0.0634. The van der Waals surface area contributed by atoms with Gasteiger partial charge in [0, 0.05) is 37.3 Å². The molecule has 0 bridgehead atoms. The zero-order chi connectivity index (χ0) is 23.6. The number of piperazine rings is 1. The average molecular weight is 465 g/mol. The van der Waals surface area contributed by atoms with Crippen LogP contribution in [0.4, 0.5) is 5.82 Å². The van der Waals surface area contributed by atoms with E-state index in [1.165, 1.54) is 0 Å². The number of benzene rings is 3. The molecule has 1 fully saturated rings. The first-order valence-corrected chi connectivity index (χ1v) is 11.7. The summed E-state index contributed by atoms with van der Waals surface area (Å²) in [6.07, 6.45) is 0. The van der Waals surface area contributed by atoms with Gasteiger partial charge in [-0.05, 0) is 53.6 Å². The third-order valence-corrected chi connectivity index (χ3v) is 6.45. The highest BCUT2D eigenvalue weighted by Gasteiger charge is 2.23. The topological polar surface area (TPSA) is 67.8 Å². The largest absolute Gasteiger partial charge is 0.454 e. The number of aromatic nitrogens is 2. The maximum Gasteiger partial charge on any atom is 0.253 e. The maximum atomic E-state index is 13.0. The smallest absolute Gasteiger partial charge is 0.253 e. The molecular formula is C28H24N4O3. The van der Waals surface area contributed by atoms with E-state index in [0.717, 1.165) is 39.7 Å². The van der Waals surface area contributed by atoms with Crippen LogP contribution in [-0.2, 0) is 0 Å². The van der Waals surface area contributed by atoms with E-state index in [2.05, 4.69) is 27.2 Å². The third kappa shape index (κ3) is 4.28. The third-order valence-electron chi connectivity index (χ3n) is 6.45. The van der Waals surface area contributed by atoms with Crippen molar-refractivity contribution in [2.45, 2.75) is 0 Å². The lowest BCUT2D eigenvalue weighted by atomic mass is 10.0. The van der Waals surface area contributed by atoms with E-state index in [1.807, 2.05) is 77.7 Å². The summed E-state index contributed by atoms with van der Waals surface area (Å²) in [5.41, 5.74) is 4.67. The van der Waals surface area contributed by atoms with Gasteiger partial charge < -0.3 is 19.3 Å². The summed E-state index contributed by atoms with van der Waals surface area (Å²) in [5.74, 6) is 2.35. The second kappa shape index (κ2) is 9.10. The average Bonchev–Trinajstić information content (AvgIpc) is 3.42. The monoisotopic (exact) mass is 464 g/mol. The Hall–Kier alpha value is -4.39. The van der Waals surface area contributed by atoms with E-state index in [9.17, 15) is 4.79 Å². The van der Waals surface area contributed by atoms with Crippen LogP contribution >= 0.6 is 0 Å². The van der Waals surface area contributed by atoms with Gasteiger partial charge in [0.15, 0.2) is 17.3 Å². The van der Waals surface area contributed by atoms with Gasteiger partial charge in [0.25, 0.3) is 5.91 Å². The Morgan fingerprint density at radius 2 is 1.40 bits per heavy atom. The molecule has 1 saturated heterocycles. The summed E-state index contributed by atoms with van der Waals surface area (Å²) < 4.78 is 10.8. The molecule has 7 nitrogen and oxygen atoms in total. The Balaban J connectivity index is 1.08. The molecule has 0 N–H and O–H groups in total.